The lowest BCUT2D eigenvalue weighted by atomic mass is 9.81. The summed E-state index contributed by atoms with van der Waals surface area (Å²) >= 11 is 0. The van der Waals surface area contributed by atoms with Crippen molar-refractivity contribution >= 4 is 22.7 Å². The minimum absolute atomic E-state index is 0.135. The van der Waals surface area contributed by atoms with Gasteiger partial charge in [-0.1, -0.05) is 49.6 Å². The van der Waals surface area contributed by atoms with E-state index in [-0.39, 0.29) is 17.3 Å². The number of morpholine rings is 1. The fraction of sp³-hybridized carbons (Fsp3) is 0.448. The Morgan fingerprint density at radius 2 is 1.89 bits per heavy atom. The van der Waals surface area contributed by atoms with E-state index in [1.54, 1.807) is 6.07 Å². The Kier molecular flexibility index (Phi) is 5.94. The maximum Gasteiger partial charge on any atom is 0.335 e. The van der Waals surface area contributed by atoms with Gasteiger partial charge in [-0.05, 0) is 48.4 Å². The van der Waals surface area contributed by atoms with Crippen LogP contribution in [0.3, 0.4) is 0 Å². The van der Waals surface area contributed by atoms with Crippen LogP contribution in [0.5, 0.6) is 0 Å². The van der Waals surface area contributed by atoms with Gasteiger partial charge in [-0.3, -0.25) is 4.79 Å². The van der Waals surface area contributed by atoms with Crippen molar-refractivity contribution in [2.45, 2.75) is 57.1 Å². The number of fused-ring (bicyclic) bond motifs is 5. The molecule has 0 radical (unpaired) electrons. The highest BCUT2D eigenvalue weighted by Gasteiger charge is 2.35. The van der Waals surface area contributed by atoms with Gasteiger partial charge in [0.25, 0.3) is 0 Å². The van der Waals surface area contributed by atoms with Gasteiger partial charge in [0.15, 0.2) is 5.78 Å². The van der Waals surface area contributed by atoms with E-state index in [9.17, 15) is 14.7 Å². The molecule has 1 aromatic heterocycles. The quantitative estimate of drug-likeness (QED) is 0.571. The highest BCUT2D eigenvalue weighted by atomic mass is 16.5. The number of hydrogen-bond donors (Lipinski definition) is 2. The summed E-state index contributed by atoms with van der Waals surface area (Å²) in [6, 6.07) is 14.0. The number of carbonyl (C=O) groups is 2. The van der Waals surface area contributed by atoms with Crippen molar-refractivity contribution < 1.29 is 19.4 Å². The normalized spacial score (nSPS) is 22.9. The number of ether oxygens (including phenoxy) is 1. The standard InChI is InChI=1S/C29H32N2O4/c32-28(25-16-30-12-13-35-25)21-14-19-8-4-5-9-22(19)27-26(18-6-2-1-3-7-18)23-11-10-20(29(33)34)15-24(23)31(27)17-21/h4-5,8-11,15,18,21,25,30H,1-3,6-7,12-14,16-17H2,(H,33,34). The van der Waals surface area contributed by atoms with Gasteiger partial charge in [-0.15, -0.1) is 0 Å². The molecule has 3 aromatic rings. The number of rotatable bonds is 4. The summed E-state index contributed by atoms with van der Waals surface area (Å²) in [6.07, 6.45) is 6.25. The van der Waals surface area contributed by atoms with Gasteiger partial charge in [-0.25, -0.2) is 4.79 Å². The van der Waals surface area contributed by atoms with E-state index in [1.807, 2.05) is 12.1 Å². The molecule has 2 unspecified atom stereocenters. The molecule has 182 valence electrons. The number of nitrogens with zero attached hydrogens (tertiary/aromatic N) is 1. The van der Waals surface area contributed by atoms with Crippen LogP contribution in [0.25, 0.3) is 22.2 Å². The average molecular weight is 473 g/mol. The number of ketones is 1. The van der Waals surface area contributed by atoms with E-state index in [4.69, 9.17) is 4.74 Å². The van der Waals surface area contributed by atoms with Crippen molar-refractivity contribution in [1.29, 1.82) is 0 Å². The molecule has 1 saturated heterocycles. The van der Waals surface area contributed by atoms with E-state index in [2.05, 4.69) is 34.1 Å². The molecular weight excluding hydrogens is 440 g/mol. The Morgan fingerprint density at radius 1 is 1.06 bits per heavy atom. The lowest BCUT2D eigenvalue weighted by Gasteiger charge is -2.26. The number of benzene rings is 2. The summed E-state index contributed by atoms with van der Waals surface area (Å²) < 4.78 is 8.11. The minimum atomic E-state index is -0.926. The van der Waals surface area contributed by atoms with Crippen LogP contribution in [0, 0.1) is 5.92 Å². The van der Waals surface area contributed by atoms with E-state index in [0.717, 1.165) is 30.3 Å². The van der Waals surface area contributed by atoms with Crippen LogP contribution >= 0.6 is 0 Å². The molecular formula is C29H32N2O4. The van der Waals surface area contributed by atoms with Gasteiger partial charge in [0.05, 0.1) is 17.9 Å². The van der Waals surface area contributed by atoms with Crippen LogP contribution in [-0.2, 0) is 22.5 Å². The van der Waals surface area contributed by atoms with Gasteiger partial charge in [-0.2, -0.15) is 0 Å². The zero-order valence-electron chi connectivity index (χ0n) is 20.0. The molecule has 2 aliphatic heterocycles. The van der Waals surface area contributed by atoms with Gasteiger partial charge in [0.2, 0.25) is 0 Å². The number of carboxylic acids is 1. The predicted octanol–water partition coefficient (Wildman–Crippen LogP) is 4.78. The van der Waals surface area contributed by atoms with Gasteiger partial charge in [0, 0.05) is 42.0 Å². The number of carboxylic acid groups (broad SMARTS) is 1. The minimum Gasteiger partial charge on any atom is -0.478 e. The number of aromatic carboxylic acids is 1. The molecule has 0 amide bonds. The summed E-state index contributed by atoms with van der Waals surface area (Å²) in [5.41, 5.74) is 6.10. The zero-order valence-corrected chi connectivity index (χ0v) is 20.0. The first-order valence-electron chi connectivity index (χ1n) is 13.0. The molecule has 3 heterocycles. The highest BCUT2D eigenvalue weighted by molar-refractivity contribution is 5.99. The SMILES string of the molecule is O=C(O)c1ccc2c(C3CCCCC3)c3n(c2c1)CC(C(=O)C1CNCCO1)Cc1ccccc1-3. The molecule has 0 bridgehead atoms. The highest BCUT2D eigenvalue weighted by Crippen LogP contribution is 2.46. The summed E-state index contributed by atoms with van der Waals surface area (Å²) in [5, 5.41) is 14.2. The van der Waals surface area contributed by atoms with Crippen molar-refractivity contribution in [3.63, 3.8) is 0 Å². The summed E-state index contributed by atoms with van der Waals surface area (Å²) in [6.45, 7) is 2.40. The van der Waals surface area contributed by atoms with Crippen LogP contribution in [0.4, 0.5) is 0 Å². The largest absolute Gasteiger partial charge is 0.478 e. The van der Waals surface area contributed by atoms with Crippen molar-refractivity contribution in [2.75, 3.05) is 19.7 Å². The second-order valence-electron chi connectivity index (χ2n) is 10.3. The van der Waals surface area contributed by atoms with Crippen molar-refractivity contribution in [3.05, 3.63) is 59.2 Å². The molecule has 3 aliphatic rings. The van der Waals surface area contributed by atoms with Crippen LogP contribution < -0.4 is 5.32 Å². The summed E-state index contributed by atoms with van der Waals surface area (Å²) in [4.78, 5) is 25.6. The van der Waals surface area contributed by atoms with Gasteiger partial charge in [0.1, 0.15) is 6.10 Å². The average Bonchev–Trinajstić information content (AvgIpc) is 3.11. The Bertz CT molecular complexity index is 1280. The molecule has 0 spiro atoms. The van der Waals surface area contributed by atoms with E-state index >= 15 is 0 Å². The Hall–Kier alpha value is -2.96. The molecule has 6 nitrogen and oxygen atoms in total. The fourth-order valence-corrected chi connectivity index (χ4v) is 6.48. The van der Waals surface area contributed by atoms with Crippen molar-refractivity contribution in [1.82, 2.24) is 9.88 Å². The molecule has 6 heteroatoms. The Labute approximate surface area is 205 Å². The number of nitrogens with one attached hydrogen (secondary N) is 1. The first-order chi connectivity index (χ1) is 17.1. The molecule has 2 atom stereocenters. The molecule has 2 N–H and O–H groups in total. The Morgan fingerprint density at radius 3 is 2.66 bits per heavy atom. The third kappa shape index (κ3) is 3.99. The zero-order chi connectivity index (χ0) is 23.9. The second kappa shape index (κ2) is 9.25. The monoisotopic (exact) mass is 472 g/mol. The van der Waals surface area contributed by atoms with Crippen molar-refractivity contribution in [2.24, 2.45) is 5.92 Å². The molecule has 1 aliphatic carbocycles. The molecule has 2 aromatic carbocycles. The van der Waals surface area contributed by atoms with Gasteiger partial charge < -0.3 is 19.7 Å². The first kappa shape index (κ1) is 22.5. The topological polar surface area (TPSA) is 80.6 Å². The lowest BCUT2D eigenvalue weighted by Crippen LogP contribution is -2.46. The van der Waals surface area contributed by atoms with Crippen molar-refractivity contribution in [3.8, 4) is 11.3 Å². The van der Waals surface area contributed by atoms with Crippen LogP contribution in [0.2, 0.25) is 0 Å². The van der Waals surface area contributed by atoms with E-state index in [1.165, 1.54) is 41.6 Å². The second-order valence-corrected chi connectivity index (χ2v) is 10.3. The molecule has 2 fully saturated rings. The molecule has 6 rings (SSSR count). The van der Waals surface area contributed by atoms with E-state index < -0.39 is 12.1 Å². The predicted molar refractivity (Wildman–Crippen MR) is 135 cm³/mol. The van der Waals surface area contributed by atoms with Gasteiger partial charge >= 0.3 is 5.97 Å². The third-order valence-corrected chi connectivity index (χ3v) is 8.15. The smallest absolute Gasteiger partial charge is 0.335 e. The first-order valence-corrected chi connectivity index (χ1v) is 13.0. The number of Topliss-reactive ketones (excluding diaryl/α,β-unsaturated/α-hetero) is 1. The third-order valence-electron chi connectivity index (χ3n) is 8.15. The van der Waals surface area contributed by atoms with Crippen LogP contribution in [0.15, 0.2) is 42.5 Å². The number of hydrogen-bond acceptors (Lipinski definition) is 4. The Balaban J connectivity index is 1.56. The maximum atomic E-state index is 13.7. The van der Waals surface area contributed by atoms with Crippen LogP contribution in [-0.4, -0.2) is 47.2 Å². The lowest BCUT2D eigenvalue weighted by molar-refractivity contribution is -0.136. The molecule has 35 heavy (non-hydrogen) atoms. The summed E-state index contributed by atoms with van der Waals surface area (Å²) in [7, 11) is 0. The number of carbonyl (C=O) groups excluding carboxylic acids is 1. The van der Waals surface area contributed by atoms with Crippen LogP contribution in [0.1, 0.15) is 59.5 Å². The fourth-order valence-electron chi connectivity index (χ4n) is 6.48. The molecule has 1 saturated carbocycles. The van der Waals surface area contributed by atoms with E-state index in [0.29, 0.717) is 32.0 Å². The summed E-state index contributed by atoms with van der Waals surface area (Å²) in [5.74, 6) is -0.574. The maximum absolute atomic E-state index is 13.7. The number of aromatic nitrogens is 1.